The van der Waals surface area contributed by atoms with Gasteiger partial charge in [0.2, 0.25) is 11.2 Å². The number of hydrogen-bond donors (Lipinski definition) is 0. The van der Waals surface area contributed by atoms with Gasteiger partial charge < -0.3 is 14.4 Å². The molecule has 9 nitrogen and oxygen atoms in total. The molecule has 182 valence electrons. The summed E-state index contributed by atoms with van der Waals surface area (Å²) in [5.74, 6) is 0.446. The lowest BCUT2D eigenvalue weighted by Crippen LogP contribution is -2.57. The first-order valence-electron chi connectivity index (χ1n) is 11.8. The molecule has 4 aliphatic rings. The van der Waals surface area contributed by atoms with Crippen molar-refractivity contribution in [2.45, 2.75) is 82.3 Å². The van der Waals surface area contributed by atoms with Crippen LogP contribution in [0.15, 0.2) is 0 Å². The summed E-state index contributed by atoms with van der Waals surface area (Å²) in [6.45, 7) is 8.52. The van der Waals surface area contributed by atoms with Crippen LogP contribution in [0, 0.1) is 0 Å². The second-order valence-electron chi connectivity index (χ2n) is 10.7. The molecule has 0 spiro atoms. The van der Waals surface area contributed by atoms with Gasteiger partial charge in [0.1, 0.15) is 18.4 Å². The first-order chi connectivity index (χ1) is 15.6. The predicted molar refractivity (Wildman–Crippen MR) is 120 cm³/mol. The molecule has 4 aliphatic heterocycles. The number of halogens is 2. The van der Waals surface area contributed by atoms with Crippen molar-refractivity contribution in [3.05, 3.63) is 5.28 Å². The molecule has 4 saturated heterocycles. The summed E-state index contributed by atoms with van der Waals surface area (Å²) < 4.78 is 25.6. The molecule has 2 bridgehead atoms. The zero-order valence-corrected chi connectivity index (χ0v) is 20.2. The highest BCUT2D eigenvalue weighted by Crippen LogP contribution is 2.40. The summed E-state index contributed by atoms with van der Waals surface area (Å²) in [5.41, 5.74) is -0.811. The number of ether oxygens (including phenoxy) is 2. The lowest BCUT2D eigenvalue weighted by Gasteiger charge is -2.41. The number of carbonyl (C=O) groups is 1. The topological polar surface area (TPSA) is 83.9 Å². The normalized spacial score (nSPS) is 31.7. The number of hydrogen-bond acceptors (Lipinski definition) is 8. The molecule has 1 aromatic rings. The maximum Gasteiger partial charge on any atom is 0.410 e. The van der Waals surface area contributed by atoms with Gasteiger partial charge in [0.15, 0.2) is 0 Å². The Kier molecular flexibility index (Phi) is 5.79. The lowest BCUT2D eigenvalue weighted by molar-refractivity contribution is 0.0122. The Bertz CT molecular complexity index is 903. The molecule has 5 heterocycles. The molecule has 1 amide bonds. The van der Waals surface area contributed by atoms with Crippen LogP contribution in [-0.2, 0) is 4.74 Å². The van der Waals surface area contributed by atoms with Crippen LogP contribution in [0.1, 0.15) is 52.9 Å². The number of amides is 1. The van der Waals surface area contributed by atoms with E-state index in [0.29, 0.717) is 38.6 Å². The molecule has 0 radical (unpaired) electrons. The molecule has 4 atom stereocenters. The van der Waals surface area contributed by atoms with E-state index in [1.165, 1.54) is 0 Å². The van der Waals surface area contributed by atoms with Gasteiger partial charge in [0.05, 0.1) is 17.6 Å². The number of carbonyl (C=O) groups excluding carboxylic acids is 1. The Labute approximate surface area is 198 Å². The van der Waals surface area contributed by atoms with Crippen LogP contribution in [-0.4, -0.2) is 93.0 Å². The minimum Gasteiger partial charge on any atom is -0.461 e. The molecule has 0 saturated carbocycles. The number of aromatic nitrogens is 3. The summed E-state index contributed by atoms with van der Waals surface area (Å²) in [5, 5.41) is 0.0625. The smallest absolute Gasteiger partial charge is 0.410 e. The summed E-state index contributed by atoms with van der Waals surface area (Å²) >= 11 is 6.21. The third-order valence-corrected chi connectivity index (χ3v) is 7.35. The van der Waals surface area contributed by atoms with Crippen LogP contribution in [0.4, 0.5) is 15.1 Å². The van der Waals surface area contributed by atoms with Crippen molar-refractivity contribution in [2.75, 3.05) is 37.7 Å². The fraction of sp³-hybridized carbons (Fsp3) is 0.818. The second-order valence-corrected chi connectivity index (χ2v) is 11.1. The average Bonchev–Trinajstić information content (AvgIpc) is 3.32. The molecule has 33 heavy (non-hydrogen) atoms. The van der Waals surface area contributed by atoms with Crippen LogP contribution < -0.4 is 9.64 Å². The van der Waals surface area contributed by atoms with Crippen LogP contribution in [0.5, 0.6) is 6.01 Å². The Hall–Kier alpha value is -1.94. The van der Waals surface area contributed by atoms with Crippen molar-refractivity contribution in [1.82, 2.24) is 24.8 Å². The maximum absolute atomic E-state index is 14.0. The van der Waals surface area contributed by atoms with E-state index in [9.17, 15) is 9.18 Å². The van der Waals surface area contributed by atoms with Gasteiger partial charge in [-0.2, -0.15) is 15.0 Å². The molecule has 0 aliphatic carbocycles. The molecule has 1 aromatic heterocycles. The van der Waals surface area contributed by atoms with Gasteiger partial charge in [0.25, 0.3) is 0 Å². The number of anilines is 1. The van der Waals surface area contributed by atoms with Crippen molar-refractivity contribution in [3.63, 3.8) is 0 Å². The largest absolute Gasteiger partial charge is 0.461 e. The molecule has 5 rings (SSSR count). The quantitative estimate of drug-likeness (QED) is 0.647. The fourth-order valence-corrected chi connectivity index (χ4v) is 6.00. The van der Waals surface area contributed by atoms with E-state index in [4.69, 9.17) is 21.1 Å². The van der Waals surface area contributed by atoms with E-state index in [-0.39, 0.29) is 35.0 Å². The Balaban J connectivity index is 1.27. The number of piperazine rings is 1. The minimum absolute atomic E-state index is 0.0319. The zero-order chi connectivity index (χ0) is 23.4. The molecular weight excluding hydrogens is 451 g/mol. The predicted octanol–water partition coefficient (Wildman–Crippen LogP) is 3.07. The highest BCUT2D eigenvalue weighted by Gasteiger charge is 2.49. The van der Waals surface area contributed by atoms with E-state index in [2.05, 4.69) is 19.9 Å². The fourth-order valence-electron chi connectivity index (χ4n) is 5.85. The van der Waals surface area contributed by atoms with Crippen LogP contribution in [0.3, 0.4) is 0 Å². The standard InChI is InChI=1S/C22H32ClFN6O3/c1-21(2,3)33-20(31)30-15-5-6-16(30)12-28(11-15)18-25-17(23)26-19(27-18)32-13-22-7-4-8-29(22)10-14(24)9-22/h14-16H,4-13H2,1-3H3/t14-,15?,16?,22+/m1/s1. The number of fused-ring (bicyclic) bond motifs is 3. The van der Waals surface area contributed by atoms with Crippen molar-refractivity contribution in [1.29, 1.82) is 0 Å². The van der Waals surface area contributed by atoms with Crippen LogP contribution >= 0.6 is 11.6 Å². The van der Waals surface area contributed by atoms with Crippen molar-refractivity contribution < 1.29 is 18.7 Å². The number of rotatable bonds is 4. The van der Waals surface area contributed by atoms with Crippen molar-refractivity contribution in [3.8, 4) is 6.01 Å². The lowest BCUT2D eigenvalue weighted by atomic mass is 9.95. The van der Waals surface area contributed by atoms with Gasteiger partial charge in [-0.25, -0.2) is 9.18 Å². The highest BCUT2D eigenvalue weighted by molar-refractivity contribution is 6.28. The third kappa shape index (κ3) is 4.56. The first kappa shape index (κ1) is 22.8. The SMILES string of the molecule is CC(C)(C)OC(=O)N1C2CCC1CN(c1nc(Cl)nc(OC[C@@]34CCCN3C[C@H](F)C4)n1)C2. The van der Waals surface area contributed by atoms with Gasteiger partial charge in [-0.15, -0.1) is 0 Å². The van der Waals surface area contributed by atoms with E-state index in [1.54, 1.807) is 0 Å². The van der Waals surface area contributed by atoms with Gasteiger partial charge in [-0.3, -0.25) is 9.80 Å². The van der Waals surface area contributed by atoms with Crippen molar-refractivity contribution >= 4 is 23.6 Å². The molecule has 2 unspecified atom stereocenters. The molecular formula is C22H32ClFN6O3. The Morgan fingerprint density at radius 1 is 1.18 bits per heavy atom. The summed E-state index contributed by atoms with van der Waals surface area (Å²) in [6.07, 6.45) is 3.17. The first-order valence-corrected chi connectivity index (χ1v) is 12.2. The zero-order valence-electron chi connectivity index (χ0n) is 19.5. The third-order valence-electron chi connectivity index (χ3n) is 7.18. The number of nitrogens with zero attached hydrogens (tertiary/aromatic N) is 6. The molecule has 11 heteroatoms. The van der Waals surface area contributed by atoms with Gasteiger partial charge in [0, 0.05) is 26.1 Å². The summed E-state index contributed by atoms with van der Waals surface area (Å²) in [6, 6.07) is 0.226. The maximum atomic E-state index is 14.0. The minimum atomic E-state index is -0.817. The van der Waals surface area contributed by atoms with Gasteiger partial charge in [-0.1, -0.05) is 0 Å². The molecule has 0 N–H and O–H groups in total. The van der Waals surface area contributed by atoms with E-state index >= 15 is 0 Å². The van der Waals surface area contributed by atoms with E-state index in [1.807, 2.05) is 30.6 Å². The summed E-state index contributed by atoms with van der Waals surface area (Å²) in [4.78, 5) is 31.8. The van der Waals surface area contributed by atoms with E-state index < -0.39 is 11.8 Å². The van der Waals surface area contributed by atoms with Crippen LogP contribution in [0.25, 0.3) is 0 Å². The monoisotopic (exact) mass is 482 g/mol. The Morgan fingerprint density at radius 2 is 1.91 bits per heavy atom. The molecule has 4 fully saturated rings. The molecule has 0 aromatic carbocycles. The van der Waals surface area contributed by atoms with Gasteiger partial charge in [-0.05, 0) is 64.6 Å². The number of alkyl halides is 1. The second kappa shape index (κ2) is 8.37. The van der Waals surface area contributed by atoms with Crippen molar-refractivity contribution in [2.24, 2.45) is 0 Å². The Morgan fingerprint density at radius 3 is 2.61 bits per heavy atom. The highest BCUT2D eigenvalue weighted by atomic mass is 35.5. The van der Waals surface area contributed by atoms with Gasteiger partial charge >= 0.3 is 12.1 Å². The van der Waals surface area contributed by atoms with Crippen LogP contribution in [0.2, 0.25) is 5.28 Å². The average molecular weight is 483 g/mol. The van der Waals surface area contributed by atoms with E-state index in [0.717, 1.165) is 32.2 Å². The summed E-state index contributed by atoms with van der Waals surface area (Å²) in [7, 11) is 0.